The number of pyridine rings is 2. The summed E-state index contributed by atoms with van der Waals surface area (Å²) >= 11 is 0. The van der Waals surface area contributed by atoms with Gasteiger partial charge in [0.15, 0.2) is 0 Å². The Kier molecular flexibility index (Phi) is 3.77. The van der Waals surface area contributed by atoms with Crippen LogP contribution in [0.2, 0.25) is 0 Å². The number of hydrogen-bond donors (Lipinski definition) is 2. The molecule has 0 fully saturated rings. The Labute approximate surface area is 165 Å². The molecule has 2 aromatic carbocycles. The summed E-state index contributed by atoms with van der Waals surface area (Å²) in [7, 11) is 0. The molecule has 140 valence electrons. The van der Waals surface area contributed by atoms with Crippen LogP contribution in [0.15, 0.2) is 82.3 Å². The smallest absolute Gasteiger partial charge is 0.200 e. The van der Waals surface area contributed by atoms with Gasteiger partial charge in [-0.25, -0.2) is 0 Å². The fourth-order valence-corrected chi connectivity index (χ4v) is 3.33. The minimum absolute atomic E-state index is 0.101. The van der Waals surface area contributed by atoms with Crippen LogP contribution < -0.4 is 16.9 Å². The van der Waals surface area contributed by atoms with E-state index in [1.807, 2.05) is 24.3 Å². The number of nitrogen functional groups attached to an aromatic ring is 2. The quantitative estimate of drug-likeness (QED) is 0.444. The second-order valence-electron chi connectivity index (χ2n) is 6.81. The van der Waals surface area contributed by atoms with Crippen molar-refractivity contribution in [2.45, 2.75) is 0 Å². The molecule has 3 heterocycles. The van der Waals surface area contributed by atoms with Crippen LogP contribution in [0.5, 0.6) is 0 Å². The molecule has 0 aliphatic carbocycles. The van der Waals surface area contributed by atoms with Crippen molar-refractivity contribution in [3.8, 4) is 22.5 Å². The molecule has 0 aliphatic heterocycles. The standard InChI is InChI=1S/C23H16N4O2/c24-15-3-5-19(26-11-15)13-1-7-21-17(9-13)23(28)18-10-14(2-8-22(18)29-21)20-6-4-16(25)12-27-20/h1-12H,24-25H2. The SMILES string of the molecule is Nc1ccc(-c2ccc3oc4ccc(-c5ccc(N)cn5)cc4c(=O)c3c2)nc1. The first-order valence-corrected chi connectivity index (χ1v) is 9.03. The van der Waals surface area contributed by atoms with Crippen molar-refractivity contribution in [1.29, 1.82) is 0 Å². The predicted octanol–water partition coefficient (Wildman–Crippen LogP) is 4.23. The topological polar surface area (TPSA) is 108 Å². The fourth-order valence-electron chi connectivity index (χ4n) is 3.33. The largest absolute Gasteiger partial charge is 0.456 e. The number of hydrogen-bond acceptors (Lipinski definition) is 6. The summed E-state index contributed by atoms with van der Waals surface area (Å²) in [5.74, 6) is 0. The third kappa shape index (κ3) is 2.96. The number of fused-ring (bicyclic) bond motifs is 2. The maximum absolute atomic E-state index is 13.2. The lowest BCUT2D eigenvalue weighted by molar-refractivity contribution is 0.660. The maximum atomic E-state index is 13.2. The second kappa shape index (κ2) is 6.45. The Hall–Kier alpha value is -4.19. The van der Waals surface area contributed by atoms with Gasteiger partial charge in [0.2, 0.25) is 5.43 Å². The predicted molar refractivity (Wildman–Crippen MR) is 115 cm³/mol. The molecule has 3 aromatic heterocycles. The number of aromatic nitrogens is 2. The first-order valence-electron chi connectivity index (χ1n) is 9.03. The summed E-state index contributed by atoms with van der Waals surface area (Å²) in [4.78, 5) is 21.9. The van der Waals surface area contributed by atoms with Crippen LogP contribution in [0.3, 0.4) is 0 Å². The van der Waals surface area contributed by atoms with Crippen molar-refractivity contribution in [3.63, 3.8) is 0 Å². The van der Waals surface area contributed by atoms with Gasteiger partial charge in [0.05, 0.1) is 45.9 Å². The highest BCUT2D eigenvalue weighted by Gasteiger charge is 2.11. The average molecular weight is 380 g/mol. The first kappa shape index (κ1) is 16.9. The molecule has 0 atom stereocenters. The molecule has 5 aromatic rings. The third-order valence-corrected chi connectivity index (χ3v) is 4.83. The molecule has 0 bridgehead atoms. The lowest BCUT2D eigenvalue weighted by Gasteiger charge is -2.07. The van der Waals surface area contributed by atoms with E-state index in [4.69, 9.17) is 15.9 Å². The van der Waals surface area contributed by atoms with E-state index in [0.717, 1.165) is 22.5 Å². The summed E-state index contributed by atoms with van der Waals surface area (Å²) in [5, 5.41) is 0.993. The van der Waals surface area contributed by atoms with Crippen LogP contribution in [0.1, 0.15) is 0 Å². The fraction of sp³-hybridized carbons (Fsp3) is 0. The van der Waals surface area contributed by atoms with Crippen LogP contribution in [-0.2, 0) is 0 Å². The van der Waals surface area contributed by atoms with Crippen molar-refractivity contribution in [3.05, 3.63) is 83.3 Å². The maximum Gasteiger partial charge on any atom is 0.200 e. The normalized spacial score (nSPS) is 11.2. The molecular formula is C23H16N4O2. The second-order valence-corrected chi connectivity index (χ2v) is 6.81. The van der Waals surface area contributed by atoms with Gasteiger partial charge in [-0.05, 0) is 60.7 Å². The molecule has 29 heavy (non-hydrogen) atoms. The monoisotopic (exact) mass is 380 g/mol. The van der Waals surface area contributed by atoms with E-state index < -0.39 is 0 Å². The zero-order valence-electron chi connectivity index (χ0n) is 15.3. The van der Waals surface area contributed by atoms with E-state index in [1.54, 1.807) is 48.8 Å². The molecule has 0 amide bonds. The van der Waals surface area contributed by atoms with Crippen LogP contribution in [0, 0.1) is 0 Å². The number of benzene rings is 2. The molecule has 0 spiro atoms. The minimum atomic E-state index is -0.101. The highest BCUT2D eigenvalue weighted by atomic mass is 16.3. The minimum Gasteiger partial charge on any atom is -0.456 e. The van der Waals surface area contributed by atoms with Crippen molar-refractivity contribution in [2.24, 2.45) is 0 Å². The van der Waals surface area contributed by atoms with E-state index in [-0.39, 0.29) is 5.43 Å². The number of rotatable bonds is 2. The van der Waals surface area contributed by atoms with Gasteiger partial charge in [0, 0.05) is 11.1 Å². The summed E-state index contributed by atoms with van der Waals surface area (Å²) in [6.45, 7) is 0. The number of nitrogens with two attached hydrogens (primary N) is 2. The van der Waals surface area contributed by atoms with E-state index in [2.05, 4.69) is 9.97 Å². The zero-order chi connectivity index (χ0) is 20.0. The highest BCUT2D eigenvalue weighted by molar-refractivity contribution is 5.93. The van der Waals surface area contributed by atoms with Crippen LogP contribution in [0.4, 0.5) is 11.4 Å². The van der Waals surface area contributed by atoms with E-state index in [1.165, 1.54) is 0 Å². The first-order chi connectivity index (χ1) is 14.1. The lowest BCUT2D eigenvalue weighted by Crippen LogP contribution is -2.03. The molecule has 0 radical (unpaired) electrons. The van der Waals surface area contributed by atoms with Gasteiger partial charge in [0.1, 0.15) is 11.2 Å². The van der Waals surface area contributed by atoms with Crippen molar-refractivity contribution in [1.82, 2.24) is 9.97 Å². The summed E-state index contributed by atoms with van der Waals surface area (Å²) in [6, 6.07) is 18.1. The Bertz CT molecular complexity index is 1320. The molecule has 6 nitrogen and oxygen atoms in total. The summed E-state index contributed by atoms with van der Waals surface area (Å²) in [5.41, 5.74) is 16.7. The van der Waals surface area contributed by atoms with Crippen LogP contribution in [-0.4, -0.2) is 9.97 Å². The van der Waals surface area contributed by atoms with Gasteiger partial charge >= 0.3 is 0 Å². The van der Waals surface area contributed by atoms with Gasteiger partial charge in [0.25, 0.3) is 0 Å². The van der Waals surface area contributed by atoms with Gasteiger partial charge in [-0.15, -0.1) is 0 Å². The molecule has 6 heteroatoms. The molecule has 0 saturated carbocycles. The van der Waals surface area contributed by atoms with E-state index in [9.17, 15) is 4.79 Å². The third-order valence-electron chi connectivity index (χ3n) is 4.83. The summed E-state index contributed by atoms with van der Waals surface area (Å²) < 4.78 is 5.97. The number of nitrogens with zero attached hydrogens (tertiary/aromatic N) is 2. The lowest BCUT2D eigenvalue weighted by atomic mass is 10.0. The van der Waals surface area contributed by atoms with Crippen molar-refractivity contribution < 1.29 is 4.42 Å². The van der Waals surface area contributed by atoms with Gasteiger partial charge in [-0.2, -0.15) is 0 Å². The Morgan fingerprint density at radius 2 is 1.14 bits per heavy atom. The van der Waals surface area contributed by atoms with Gasteiger partial charge in [-0.1, -0.05) is 0 Å². The van der Waals surface area contributed by atoms with Crippen LogP contribution in [0.25, 0.3) is 44.5 Å². The zero-order valence-corrected chi connectivity index (χ0v) is 15.3. The molecule has 0 unspecified atom stereocenters. The Balaban J connectivity index is 1.70. The average Bonchev–Trinajstić information content (AvgIpc) is 2.75. The summed E-state index contributed by atoms with van der Waals surface area (Å²) in [6.07, 6.45) is 3.18. The van der Waals surface area contributed by atoms with Crippen molar-refractivity contribution >= 4 is 33.3 Å². The van der Waals surface area contributed by atoms with Gasteiger partial charge in [-0.3, -0.25) is 14.8 Å². The van der Waals surface area contributed by atoms with Gasteiger partial charge < -0.3 is 15.9 Å². The van der Waals surface area contributed by atoms with E-state index >= 15 is 0 Å². The molecule has 5 rings (SSSR count). The molecule has 4 N–H and O–H groups in total. The Morgan fingerprint density at radius 1 is 0.655 bits per heavy atom. The molecular weight excluding hydrogens is 364 g/mol. The van der Waals surface area contributed by atoms with Crippen LogP contribution >= 0.6 is 0 Å². The Morgan fingerprint density at radius 3 is 1.55 bits per heavy atom. The molecule has 0 aliphatic rings. The highest BCUT2D eigenvalue weighted by Crippen LogP contribution is 2.27. The molecule has 0 saturated heterocycles. The van der Waals surface area contributed by atoms with Crippen molar-refractivity contribution in [2.75, 3.05) is 11.5 Å². The number of anilines is 2. The van der Waals surface area contributed by atoms with E-state index in [0.29, 0.717) is 33.3 Å².